The van der Waals surface area contributed by atoms with Crippen molar-refractivity contribution in [3.05, 3.63) is 18.5 Å². The van der Waals surface area contributed by atoms with Gasteiger partial charge < -0.3 is 16.1 Å². The molecular formula is C10H17N5. The summed E-state index contributed by atoms with van der Waals surface area (Å²) in [4.78, 5) is 6.36. The van der Waals surface area contributed by atoms with Crippen LogP contribution in [0.4, 0.5) is 11.4 Å². The van der Waals surface area contributed by atoms with E-state index in [1.165, 1.54) is 0 Å². The van der Waals surface area contributed by atoms with E-state index in [0.717, 1.165) is 31.9 Å². The monoisotopic (exact) mass is 207 g/mol. The highest BCUT2D eigenvalue weighted by Gasteiger charge is 2.13. The molecule has 0 radical (unpaired) electrons. The summed E-state index contributed by atoms with van der Waals surface area (Å²) in [6.45, 7) is 4.21. The minimum atomic E-state index is 0.689. The van der Waals surface area contributed by atoms with Gasteiger partial charge in [0.2, 0.25) is 0 Å². The van der Waals surface area contributed by atoms with Crippen LogP contribution in [0, 0.1) is 0 Å². The summed E-state index contributed by atoms with van der Waals surface area (Å²) >= 11 is 0. The molecule has 82 valence electrons. The van der Waals surface area contributed by atoms with Gasteiger partial charge in [-0.2, -0.15) is 0 Å². The Morgan fingerprint density at radius 1 is 1.27 bits per heavy atom. The average molecular weight is 207 g/mol. The van der Waals surface area contributed by atoms with E-state index in [2.05, 4.69) is 27.4 Å². The molecule has 1 aromatic heterocycles. The van der Waals surface area contributed by atoms with Gasteiger partial charge in [-0.3, -0.25) is 4.98 Å². The van der Waals surface area contributed by atoms with Crippen LogP contribution in [-0.4, -0.2) is 48.1 Å². The highest BCUT2D eigenvalue weighted by atomic mass is 15.5. The predicted molar refractivity (Wildman–Crippen MR) is 61.3 cm³/mol. The second kappa shape index (κ2) is 4.46. The number of rotatable bonds is 2. The number of hydrogen-bond donors (Lipinski definition) is 2. The molecule has 0 bridgehead atoms. The van der Waals surface area contributed by atoms with E-state index < -0.39 is 0 Å². The van der Waals surface area contributed by atoms with Crippen molar-refractivity contribution in [1.82, 2.24) is 14.9 Å². The second-order valence-corrected chi connectivity index (χ2v) is 3.91. The van der Waals surface area contributed by atoms with Crippen molar-refractivity contribution in [3.63, 3.8) is 0 Å². The van der Waals surface area contributed by atoms with Crippen molar-refractivity contribution < 1.29 is 0 Å². The van der Waals surface area contributed by atoms with Gasteiger partial charge in [-0.25, -0.2) is 5.01 Å². The number of nitrogen functional groups attached to an aromatic ring is 1. The lowest BCUT2D eigenvalue weighted by Crippen LogP contribution is -2.46. The summed E-state index contributed by atoms with van der Waals surface area (Å²) < 4.78 is 0. The first kappa shape index (κ1) is 10.2. The topological polar surface area (TPSA) is 57.4 Å². The molecule has 0 unspecified atom stereocenters. The molecule has 0 spiro atoms. The number of nitrogens with two attached hydrogens (primary N) is 1. The van der Waals surface area contributed by atoms with Crippen LogP contribution < -0.4 is 11.2 Å². The van der Waals surface area contributed by atoms with E-state index in [0.29, 0.717) is 5.69 Å². The minimum absolute atomic E-state index is 0.689. The molecule has 5 nitrogen and oxygen atoms in total. The molecule has 2 heterocycles. The zero-order valence-corrected chi connectivity index (χ0v) is 8.98. The summed E-state index contributed by atoms with van der Waals surface area (Å²) in [5.74, 6) is 0. The molecule has 0 atom stereocenters. The van der Waals surface area contributed by atoms with Crippen molar-refractivity contribution in [1.29, 1.82) is 0 Å². The lowest BCUT2D eigenvalue weighted by molar-refractivity contribution is 0.179. The zero-order chi connectivity index (χ0) is 10.7. The van der Waals surface area contributed by atoms with E-state index in [1.54, 1.807) is 12.4 Å². The maximum Gasteiger partial charge on any atom is 0.0694 e. The SMILES string of the molecule is CN1CCN(Nc2cncc(N)c2)CC1. The first-order chi connectivity index (χ1) is 7.24. The standard InChI is InChI=1S/C10H17N5/c1-14-2-4-15(5-3-14)13-10-6-9(11)7-12-8-10/h6-8,13H,2-5,11H2,1H3. The number of anilines is 2. The molecule has 0 aliphatic carbocycles. The first-order valence-electron chi connectivity index (χ1n) is 5.15. The van der Waals surface area contributed by atoms with E-state index in [4.69, 9.17) is 5.73 Å². The van der Waals surface area contributed by atoms with Crippen LogP contribution >= 0.6 is 0 Å². The Hall–Kier alpha value is -1.33. The van der Waals surface area contributed by atoms with Crippen molar-refractivity contribution in [2.75, 3.05) is 44.4 Å². The fraction of sp³-hybridized carbons (Fsp3) is 0.500. The van der Waals surface area contributed by atoms with Crippen molar-refractivity contribution in [2.45, 2.75) is 0 Å². The lowest BCUT2D eigenvalue weighted by atomic mass is 10.3. The molecule has 1 aliphatic heterocycles. The number of hydrazine groups is 1. The minimum Gasteiger partial charge on any atom is -0.397 e. The molecular weight excluding hydrogens is 190 g/mol. The summed E-state index contributed by atoms with van der Waals surface area (Å²) in [5.41, 5.74) is 10.6. The van der Waals surface area contributed by atoms with Crippen LogP contribution in [0.2, 0.25) is 0 Å². The number of likely N-dealkylation sites (N-methyl/N-ethyl adjacent to an activating group) is 1. The van der Waals surface area contributed by atoms with Gasteiger partial charge in [0.25, 0.3) is 0 Å². The normalized spacial score (nSPS) is 19.0. The third-order valence-electron chi connectivity index (χ3n) is 2.55. The van der Waals surface area contributed by atoms with Crippen LogP contribution in [0.3, 0.4) is 0 Å². The molecule has 0 aromatic carbocycles. The maximum absolute atomic E-state index is 5.66. The van der Waals surface area contributed by atoms with Gasteiger partial charge in [0.15, 0.2) is 0 Å². The molecule has 15 heavy (non-hydrogen) atoms. The highest BCUT2D eigenvalue weighted by Crippen LogP contribution is 2.11. The molecule has 1 aromatic rings. The second-order valence-electron chi connectivity index (χ2n) is 3.91. The fourth-order valence-electron chi connectivity index (χ4n) is 1.62. The van der Waals surface area contributed by atoms with E-state index in [9.17, 15) is 0 Å². The van der Waals surface area contributed by atoms with Gasteiger partial charge in [-0.1, -0.05) is 0 Å². The Morgan fingerprint density at radius 3 is 2.67 bits per heavy atom. The summed E-state index contributed by atoms with van der Waals surface area (Å²) in [7, 11) is 2.14. The quantitative estimate of drug-likeness (QED) is 0.727. The van der Waals surface area contributed by atoms with Crippen molar-refractivity contribution in [3.8, 4) is 0 Å². The van der Waals surface area contributed by atoms with Crippen molar-refractivity contribution >= 4 is 11.4 Å². The maximum atomic E-state index is 5.66. The predicted octanol–water partition coefficient (Wildman–Crippen LogP) is 0.238. The van der Waals surface area contributed by atoms with Crippen LogP contribution in [0.25, 0.3) is 0 Å². The van der Waals surface area contributed by atoms with Gasteiger partial charge in [0.1, 0.15) is 0 Å². The Morgan fingerprint density at radius 2 is 2.00 bits per heavy atom. The Labute approximate surface area is 89.8 Å². The average Bonchev–Trinajstić information content (AvgIpc) is 2.22. The van der Waals surface area contributed by atoms with Gasteiger partial charge in [0, 0.05) is 32.4 Å². The van der Waals surface area contributed by atoms with Gasteiger partial charge >= 0.3 is 0 Å². The van der Waals surface area contributed by atoms with Crippen molar-refractivity contribution in [2.24, 2.45) is 0 Å². The number of hydrogen-bond acceptors (Lipinski definition) is 5. The number of nitrogens with zero attached hydrogens (tertiary/aromatic N) is 3. The van der Waals surface area contributed by atoms with Crippen LogP contribution in [0.15, 0.2) is 18.5 Å². The molecule has 0 saturated carbocycles. The summed E-state index contributed by atoms with van der Waals surface area (Å²) in [6.07, 6.45) is 3.43. The number of piperazine rings is 1. The Kier molecular flexibility index (Phi) is 3.03. The van der Waals surface area contributed by atoms with E-state index >= 15 is 0 Å². The molecule has 0 amide bonds. The molecule has 1 saturated heterocycles. The Bertz CT molecular complexity index is 319. The van der Waals surface area contributed by atoms with Crippen LogP contribution in [-0.2, 0) is 0 Å². The summed E-state index contributed by atoms with van der Waals surface area (Å²) in [6, 6.07) is 1.89. The fourth-order valence-corrected chi connectivity index (χ4v) is 1.62. The Balaban J connectivity index is 1.92. The number of nitrogens with one attached hydrogen (secondary N) is 1. The lowest BCUT2D eigenvalue weighted by Gasteiger charge is -2.32. The smallest absolute Gasteiger partial charge is 0.0694 e. The van der Waals surface area contributed by atoms with Crippen LogP contribution in [0.5, 0.6) is 0 Å². The molecule has 1 fully saturated rings. The first-order valence-corrected chi connectivity index (χ1v) is 5.15. The van der Waals surface area contributed by atoms with E-state index in [-0.39, 0.29) is 0 Å². The van der Waals surface area contributed by atoms with Gasteiger partial charge in [-0.05, 0) is 13.1 Å². The number of aromatic nitrogens is 1. The number of pyridine rings is 1. The van der Waals surface area contributed by atoms with E-state index in [1.807, 2.05) is 6.07 Å². The van der Waals surface area contributed by atoms with Gasteiger partial charge in [-0.15, -0.1) is 0 Å². The van der Waals surface area contributed by atoms with Crippen LogP contribution in [0.1, 0.15) is 0 Å². The molecule has 1 aliphatic rings. The molecule has 5 heteroatoms. The zero-order valence-electron chi connectivity index (χ0n) is 8.98. The summed E-state index contributed by atoms with van der Waals surface area (Å²) in [5, 5.41) is 2.19. The largest absolute Gasteiger partial charge is 0.397 e. The third kappa shape index (κ3) is 2.81. The molecule has 2 rings (SSSR count). The molecule has 3 N–H and O–H groups in total. The van der Waals surface area contributed by atoms with Gasteiger partial charge in [0.05, 0.1) is 17.6 Å². The highest BCUT2D eigenvalue weighted by molar-refractivity contribution is 5.50. The third-order valence-corrected chi connectivity index (χ3v) is 2.55.